The summed E-state index contributed by atoms with van der Waals surface area (Å²) in [7, 11) is 0. The largest absolute Gasteiger partial charge is 0.416 e. The SMILES string of the molecule is Cc1cc(NC(=O)c2cnn3c2C(=O)N(c2ccc(C(F)(F)F)cc2)C[C@@H]3C)cc(C)n1. The van der Waals surface area contributed by atoms with E-state index in [-0.39, 0.29) is 23.8 Å². The van der Waals surface area contributed by atoms with E-state index >= 15 is 0 Å². The topological polar surface area (TPSA) is 80.1 Å². The van der Waals surface area contributed by atoms with E-state index in [0.29, 0.717) is 11.4 Å². The van der Waals surface area contributed by atoms with Crippen molar-refractivity contribution in [2.45, 2.75) is 33.0 Å². The van der Waals surface area contributed by atoms with Crippen LogP contribution in [0.1, 0.15) is 50.8 Å². The number of nitrogens with one attached hydrogen (secondary N) is 1. The average molecular weight is 443 g/mol. The van der Waals surface area contributed by atoms with Crippen LogP contribution in [0.2, 0.25) is 0 Å². The lowest BCUT2D eigenvalue weighted by atomic mass is 10.1. The Morgan fingerprint density at radius 1 is 1.12 bits per heavy atom. The highest BCUT2D eigenvalue weighted by Crippen LogP contribution is 2.33. The highest BCUT2D eigenvalue weighted by molar-refractivity contribution is 6.15. The van der Waals surface area contributed by atoms with E-state index in [2.05, 4.69) is 15.4 Å². The van der Waals surface area contributed by atoms with Gasteiger partial charge in [0.05, 0.1) is 23.4 Å². The quantitative estimate of drug-likeness (QED) is 0.651. The number of anilines is 2. The van der Waals surface area contributed by atoms with Crippen LogP contribution in [0.4, 0.5) is 24.5 Å². The fourth-order valence-electron chi connectivity index (χ4n) is 3.79. The maximum Gasteiger partial charge on any atom is 0.416 e. The predicted octanol–water partition coefficient (Wildman–Crippen LogP) is 4.39. The van der Waals surface area contributed by atoms with Crippen molar-refractivity contribution >= 4 is 23.2 Å². The molecule has 4 rings (SSSR count). The van der Waals surface area contributed by atoms with Gasteiger partial charge < -0.3 is 10.2 Å². The van der Waals surface area contributed by atoms with Crippen molar-refractivity contribution < 1.29 is 22.8 Å². The molecule has 3 heterocycles. The van der Waals surface area contributed by atoms with Crippen molar-refractivity contribution in [3.05, 3.63) is 70.8 Å². The van der Waals surface area contributed by atoms with Gasteiger partial charge in [-0.2, -0.15) is 18.3 Å². The molecule has 1 aromatic carbocycles. The number of aryl methyl sites for hydroxylation is 2. The van der Waals surface area contributed by atoms with Crippen molar-refractivity contribution in [3.63, 3.8) is 0 Å². The molecule has 1 aliphatic heterocycles. The molecule has 32 heavy (non-hydrogen) atoms. The Hall–Kier alpha value is -3.69. The van der Waals surface area contributed by atoms with Crippen LogP contribution in [0.25, 0.3) is 0 Å². The van der Waals surface area contributed by atoms with E-state index in [1.165, 1.54) is 27.9 Å². The number of carbonyl (C=O) groups excluding carboxylic acids is 2. The first-order chi connectivity index (χ1) is 15.0. The Morgan fingerprint density at radius 2 is 1.75 bits per heavy atom. The van der Waals surface area contributed by atoms with Gasteiger partial charge in [0, 0.05) is 29.3 Å². The third-order valence-corrected chi connectivity index (χ3v) is 5.20. The van der Waals surface area contributed by atoms with Gasteiger partial charge in [-0.05, 0) is 57.2 Å². The summed E-state index contributed by atoms with van der Waals surface area (Å²) in [6, 6.07) is 7.50. The number of benzene rings is 1. The molecule has 1 atom stereocenters. The normalized spacial score (nSPS) is 16.1. The van der Waals surface area contributed by atoms with Crippen LogP contribution in [0.5, 0.6) is 0 Å². The Bertz CT molecular complexity index is 1180. The number of nitrogens with zero attached hydrogens (tertiary/aromatic N) is 4. The molecule has 7 nitrogen and oxygen atoms in total. The third-order valence-electron chi connectivity index (χ3n) is 5.20. The zero-order valence-corrected chi connectivity index (χ0v) is 17.6. The molecular formula is C22H20F3N5O2. The smallest absolute Gasteiger partial charge is 0.322 e. The minimum atomic E-state index is -4.47. The van der Waals surface area contributed by atoms with Crippen LogP contribution in [0.15, 0.2) is 42.6 Å². The number of carbonyl (C=O) groups is 2. The minimum absolute atomic E-state index is 0.0867. The Labute approximate surface area is 181 Å². The number of halogens is 3. The fraction of sp³-hybridized carbons (Fsp3) is 0.273. The van der Waals surface area contributed by atoms with E-state index < -0.39 is 23.6 Å². The number of pyridine rings is 1. The van der Waals surface area contributed by atoms with Crippen LogP contribution < -0.4 is 10.2 Å². The summed E-state index contributed by atoms with van der Waals surface area (Å²) >= 11 is 0. The van der Waals surface area contributed by atoms with Crippen LogP contribution >= 0.6 is 0 Å². The van der Waals surface area contributed by atoms with Gasteiger partial charge in [0.2, 0.25) is 0 Å². The van der Waals surface area contributed by atoms with Crippen LogP contribution in [-0.2, 0) is 6.18 Å². The molecule has 0 saturated heterocycles. The Balaban J connectivity index is 1.65. The number of aromatic nitrogens is 3. The van der Waals surface area contributed by atoms with Crippen LogP contribution in [-0.4, -0.2) is 33.1 Å². The van der Waals surface area contributed by atoms with Gasteiger partial charge in [-0.1, -0.05) is 0 Å². The maximum atomic E-state index is 13.2. The Morgan fingerprint density at radius 3 is 2.34 bits per heavy atom. The molecule has 0 unspecified atom stereocenters. The molecular weight excluding hydrogens is 423 g/mol. The van der Waals surface area contributed by atoms with Gasteiger partial charge in [0.1, 0.15) is 5.69 Å². The Kier molecular flexibility index (Phi) is 5.23. The van der Waals surface area contributed by atoms with E-state index in [4.69, 9.17) is 0 Å². The number of amides is 2. The molecule has 1 N–H and O–H groups in total. The maximum absolute atomic E-state index is 13.2. The summed E-state index contributed by atoms with van der Waals surface area (Å²) in [5.41, 5.74) is 1.69. The van der Waals surface area contributed by atoms with Crippen LogP contribution in [0.3, 0.4) is 0 Å². The molecule has 0 spiro atoms. The zero-order chi connectivity index (χ0) is 23.2. The standard InChI is InChI=1S/C22H20F3N5O2/c1-12-8-16(9-13(2)27-12)28-20(31)18-10-26-30-14(3)11-29(21(32)19(18)30)17-6-4-15(5-7-17)22(23,24)25/h4-10,14H,11H2,1-3H3,(H,27,28,31)/t14-/m0/s1. The summed E-state index contributed by atoms with van der Waals surface area (Å²) in [5, 5.41) is 6.97. The molecule has 0 saturated carbocycles. The molecule has 0 aliphatic carbocycles. The molecule has 2 amide bonds. The van der Waals surface area contributed by atoms with Crippen molar-refractivity contribution in [1.29, 1.82) is 0 Å². The second kappa shape index (κ2) is 7.77. The summed E-state index contributed by atoms with van der Waals surface area (Å²) in [6.45, 7) is 5.63. The number of hydrogen-bond acceptors (Lipinski definition) is 4. The minimum Gasteiger partial charge on any atom is -0.322 e. The van der Waals surface area contributed by atoms with E-state index in [9.17, 15) is 22.8 Å². The summed E-state index contributed by atoms with van der Waals surface area (Å²) in [6.07, 6.45) is -3.14. The summed E-state index contributed by atoms with van der Waals surface area (Å²) in [5.74, 6) is -1.02. The lowest BCUT2D eigenvalue weighted by molar-refractivity contribution is -0.137. The molecule has 166 valence electrons. The summed E-state index contributed by atoms with van der Waals surface area (Å²) < 4.78 is 40.1. The zero-order valence-electron chi connectivity index (χ0n) is 17.6. The van der Waals surface area contributed by atoms with Gasteiger partial charge in [0.15, 0.2) is 0 Å². The van der Waals surface area contributed by atoms with E-state index in [1.807, 2.05) is 6.92 Å². The van der Waals surface area contributed by atoms with Gasteiger partial charge in [-0.15, -0.1) is 0 Å². The van der Waals surface area contributed by atoms with Gasteiger partial charge in [0.25, 0.3) is 11.8 Å². The van der Waals surface area contributed by atoms with Crippen molar-refractivity contribution in [1.82, 2.24) is 14.8 Å². The molecule has 10 heteroatoms. The first-order valence-electron chi connectivity index (χ1n) is 9.88. The third kappa shape index (κ3) is 3.95. The lowest BCUT2D eigenvalue weighted by Crippen LogP contribution is -2.43. The lowest BCUT2D eigenvalue weighted by Gasteiger charge is -2.32. The second-order valence-corrected chi connectivity index (χ2v) is 7.75. The number of alkyl halides is 3. The van der Waals surface area contributed by atoms with Crippen LogP contribution in [0, 0.1) is 13.8 Å². The van der Waals surface area contributed by atoms with Gasteiger partial charge in [-0.3, -0.25) is 19.3 Å². The molecule has 2 aromatic heterocycles. The first-order valence-corrected chi connectivity index (χ1v) is 9.88. The van der Waals surface area contributed by atoms with Crippen molar-refractivity contribution in [2.24, 2.45) is 0 Å². The molecule has 0 bridgehead atoms. The number of fused-ring (bicyclic) bond motifs is 1. The highest BCUT2D eigenvalue weighted by Gasteiger charge is 2.36. The molecule has 3 aromatic rings. The first kappa shape index (κ1) is 21.5. The van der Waals surface area contributed by atoms with Crippen molar-refractivity contribution in [2.75, 3.05) is 16.8 Å². The second-order valence-electron chi connectivity index (χ2n) is 7.75. The molecule has 1 aliphatic rings. The molecule has 0 radical (unpaired) electrons. The molecule has 0 fully saturated rings. The number of hydrogen-bond donors (Lipinski definition) is 1. The fourth-order valence-corrected chi connectivity index (χ4v) is 3.79. The van der Waals surface area contributed by atoms with Gasteiger partial charge in [-0.25, -0.2) is 0 Å². The average Bonchev–Trinajstić information content (AvgIpc) is 3.16. The van der Waals surface area contributed by atoms with Crippen molar-refractivity contribution in [3.8, 4) is 0 Å². The predicted molar refractivity (Wildman–Crippen MR) is 112 cm³/mol. The van der Waals surface area contributed by atoms with E-state index in [0.717, 1.165) is 23.5 Å². The monoisotopic (exact) mass is 443 g/mol. The number of rotatable bonds is 3. The van der Waals surface area contributed by atoms with E-state index in [1.54, 1.807) is 26.0 Å². The summed E-state index contributed by atoms with van der Waals surface area (Å²) in [4.78, 5) is 31.8. The highest BCUT2D eigenvalue weighted by atomic mass is 19.4. The van der Waals surface area contributed by atoms with Gasteiger partial charge >= 0.3 is 6.18 Å².